The molecule has 0 N–H and O–H groups in total. The Balaban J connectivity index is 2.93. The van der Waals surface area contributed by atoms with Crippen LogP contribution in [-0.4, -0.2) is 18.9 Å². The molecule has 0 aliphatic carbocycles. The summed E-state index contributed by atoms with van der Waals surface area (Å²) in [4.78, 5) is 0. The Morgan fingerprint density at radius 1 is 1.40 bits per heavy atom. The molecule has 1 aromatic carbocycles. The van der Waals surface area contributed by atoms with E-state index in [0.717, 1.165) is 5.52 Å². The molecule has 2 aromatic rings. The molecule has 0 saturated carbocycles. The molecule has 0 atom stereocenters. The van der Waals surface area contributed by atoms with E-state index in [4.69, 9.17) is 0 Å². The molecule has 0 bridgehead atoms. The summed E-state index contributed by atoms with van der Waals surface area (Å²) in [5.74, 6) is 0. The molecule has 50 valence electrons. The van der Waals surface area contributed by atoms with E-state index in [2.05, 4.69) is 26.7 Å². The van der Waals surface area contributed by atoms with Crippen LogP contribution in [-0.2, 0) is 7.05 Å². The van der Waals surface area contributed by atoms with Gasteiger partial charge in [-0.15, -0.1) is 0 Å². The molecule has 0 saturated heterocycles. The van der Waals surface area contributed by atoms with Crippen LogP contribution in [0.25, 0.3) is 11.0 Å². The summed E-state index contributed by atoms with van der Waals surface area (Å²) in [6.07, 6.45) is 0. The van der Waals surface area contributed by atoms with Crippen molar-refractivity contribution in [3.8, 4) is 0 Å². The number of aromatic nitrogens is 2. The molecule has 0 unspecified atom stereocenters. The summed E-state index contributed by atoms with van der Waals surface area (Å²) < 4.78 is 6.57. The Morgan fingerprint density at radius 2 is 2.20 bits per heavy atom. The second-order valence-corrected chi connectivity index (χ2v) is 4.03. The maximum atomic E-state index is 4.37. The molecule has 1 heterocycles. The zero-order chi connectivity index (χ0) is 6.97. The van der Waals surface area contributed by atoms with Crippen molar-refractivity contribution in [2.24, 2.45) is 7.05 Å². The van der Waals surface area contributed by atoms with Gasteiger partial charge in [-0.2, -0.15) is 0 Å². The Labute approximate surface area is 65.3 Å². The molecule has 0 aliphatic heterocycles. The summed E-state index contributed by atoms with van der Waals surface area (Å²) in [7, 11) is 2.08. The number of nitrogens with zero attached hydrogens (tertiary/aromatic N) is 2. The number of fused-ring (bicyclic) bond motifs is 1. The van der Waals surface area contributed by atoms with Gasteiger partial charge in [-0.25, -0.2) is 0 Å². The van der Waals surface area contributed by atoms with E-state index in [1.54, 1.807) is 0 Å². The van der Waals surface area contributed by atoms with Gasteiger partial charge in [0.25, 0.3) is 0 Å². The first kappa shape index (κ1) is 6.08. The number of benzene rings is 1. The van der Waals surface area contributed by atoms with E-state index >= 15 is 0 Å². The predicted octanol–water partition coefficient (Wildman–Crippen LogP) is 0.116. The molecule has 2 rings (SSSR count). The van der Waals surface area contributed by atoms with Crippen LogP contribution in [0.15, 0.2) is 24.3 Å². The van der Waals surface area contributed by atoms with Crippen LogP contribution < -0.4 is 3.56 Å². The SMILES string of the molecule is C[n+]1[se]nc2ccccc21. The van der Waals surface area contributed by atoms with E-state index in [9.17, 15) is 0 Å². The third kappa shape index (κ3) is 0.789. The van der Waals surface area contributed by atoms with E-state index < -0.39 is 0 Å². The van der Waals surface area contributed by atoms with Gasteiger partial charge in [0.15, 0.2) is 0 Å². The zero-order valence-corrected chi connectivity index (χ0v) is 7.33. The van der Waals surface area contributed by atoms with Gasteiger partial charge in [-0.1, -0.05) is 0 Å². The van der Waals surface area contributed by atoms with E-state index in [1.165, 1.54) is 5.52 Å². The van der Waals surface area contributed by atoms with Crippen molar-refractivity contribution in [1.82, 2.24) is 3.98 Å². The van der Waals surface area contributed by atoms with E-state index in [-0.39, 0.29) is 0 Å². The molecule has 10 heavy (non-hydrogen) atoms. The average molecular weight is 198 g/mol. The fraction of sp³-hybridized carbons (Fsp3) is 0.143. The third-order valence-electron chi connectivity index (χ3n) is 1.48. The van der Waals surface area contributed by atoms with Crippen molar-refractivity contribution in [2.75, 3.05) is 0 Å². The number of hydrogen-bond donors (Lipinski definition) is 0. The van der Waals surface area contributed by atoms with Crippen LogP contribution in [0.1, 0.15) is 0 Å². The Kier molecular flexibility index (Phi) is 1.33. The van der Waals surface area contributed by atoms with Crippen molar-refractivity contribution in [1.29, 1.82) is 0 Å². The van der Waals surface area contributed by atoms with E-state index in [1.807, 2.05) is 12.1 Å². The van der Waals surface area contributed by atoms with Crippen LogP contribution in [0, 0.1) is 0 Å². The molecule has 2 nitrogen and oxygen atoms in total. The zero-order valence-electron chi connectivity index (χ0n) is 5.61. The van der Waals surface area contributed by atoms with Crippen molar-refractivity contribution in [3.63, 3.8) is 0 Å². The Bertz CT molecular complexity index is 353. The van der Waals surface area contributed by atoms with Crippen LogP contribution >= 0.6 is 0 Å². The molecule has 0 radical (unpaired) electrons. The second kappa shape index (κ2) is 2.18. The van der Waals surface area contributed by atoms with Gasteiger partial charge >= 0.3 is 64.9 Å². The quantitative estimate of drug-likeness (QED) is 0.549. The van der Waals surface area contributed by atoms with Gasteiger partial charge < -0.3 is 0 Å². The summed E-state index contributed by atoms with van der Waals surface area (Å²) in [5, 5.41) is 0. The summed E-state index contributed by atoms with van der Waals surface area (Å²) in [6.45, 7) is 0. The van der Waals surface area contributed by atoms with Crippen molar-refractivity contribution >= 4 is 26.0 Å². The fourth-order valence-electron chi connectivity index (χ4n) is 0.957. The Hall–Kier alpha value is -0.661. The first-order valence-corrected chi connectivity index (χ1v) is 4.62. The monoisotopic (exact) mass is 199 g/mol. The molecule has 3 heteroatoms. The van der Waals surface area contributed by atoms with E-state index in [0.29, 0.717) is 15.0 Å². The number of aryl methyl sites for hydroxylation is 1. The average Bonchev–Trinajstić information content (AvgIpc) is 2.34. The minimum absolute atomic E-state index is 0.295. The third-order valence-corrected chi connectivity index (χ3v) is 2.99. The second-order valence-electron chi connectivity index (χ2n) is 2.16. The number of para-hydroxylation sites is 1. The maximum absolute atomic E-state index is 4.37. The summed E-state index contributed by atoms with van der Waals surface area (Å²) >= 11 is 0.295. The van der Waals surface area contributed by atoms with Gasteiger partial charge in [-0.3, -0.25) is 0 Å². The first-order chi connectivity index (χ1) is 4.88. The van der Waals surface area contributed by atoms with Gasteiger partial charge in [0.1, 0.15) is 0 Å². The van der Waals surface area contributed by atoms with Gasteiger partial charge in [0.2, 0.25) is 0 Å². The van der Waals surface area contributed by atoms with Gasteiger partial charge in [0.05, 0.1) is 0 Å². The van der Waals surface area contributed by atoms with Crippen molar-refractivity contribution < 1.29 is 3.56 Å². The van der Waals surface area contributed by atoms with Gasteiger partial charge in [-0.05, 0) is 0 Å². The molecular weight excluding hydrogens is 191 g/mol. The molecule has 1 aromatic heterocycles. The minimum atomic E-state index is 0.295. The molecule has 0 spiro atoms. The Morgan fingerprint density at radius 3 is 3.00 bits per heavy atom. The first-order valence-electron chi connectivity index (χ1n) is 3.09. The molecule has 0 aliphatic rings. The number of hydrogen-bond acceptors (Lipinski definition) is 1. The predicted molar refractivity (Wildman–Crippen MR) is 39.9 cm³/mol. The standard InChI is InChI=1S/C7H7N2Se/c1-9-7-5-3-2-4-6(7)8-10-9/h2-5H,1H3/q+1. The normalized spacial score (nSPS) is 10.5. The van der Waals surface area contributed by atoms with Crippen LogP contribution in [0.5, 0.6) is 0 Å². The van der Waals surface area contributed by atoms with Crippen LogP contribution in [0.2, 0.25) is 0 Å². The van der Waals surface area contributed by atoms with Crippen molar-refractivity contribution in [3.05, 3.63) is 24.3 Å². The van der Waals surface area contributed by atoms with Gasteiger partial charge in [0, 0.05) is 0 Å². The number of rotatable bonds is 0. The topological polar surface area (TPSA) is 16.8 Å². The summed E-state index contributed by atoms with van der Waals surface area (Å²) in [5.41, 5.74) is 2.41. The molecule has 0 amide bonds. The molecule has 0 fully saturated rings. The van der Waals surface area contributed by atoms with Crippen LogP contribution in [0.3, 0.4) is 0 Å². The fourth-order valence-corrected chi connectivity index (χ4v) is 2.23. The summed E-state index contributed by atoms with van der Waals surface area (Å²) in [6, 6.07) is 8.23. The molecular formula is C7H7N2Se+. The van der Waals surface area contributed by atoms with Crippen molar-refractivity contribution in [2.45, 2.75) is 0 Å². The van der Waals surface area contributed by atoms with Crippen LogP contribution in [0.4, 0.5) is 0 Å².